The Kier molecular flexibility index (Phi) is 5.25. The number of nitrogens with zero attached hydrogens (tertiary/aromatic N) is 1. The molecule has 23 heavy (non-hydrogen) atoms. The molecule has 124 valence electrons. The topological polar surface area (TPSA) is 89.7 Å². The van der Waals surface area contributed by atoms with Crippen molar-refractivity contribution in [2.75, 3.05) is 19.7 Å². The Morgan fingerprint density at radius 3 is 2.48 bits per heavy atom. The molecule has 0 spiro atoms. The highest BCUT2D eigenvalue weighted by Gasteiger charge is 2.27. The van der Waals surface area contributed by atoms with Crippen LogP contribution in [0.15, 0.2) is 18.2 Å². The first-order valence-corrected chi connectivity index (χ1v) is 7.07. The first kappa shape index (κ1) is 16.9. The monoisotopic (exact) mass is 326 g/mol. The number of piperidine rings is 1. The Morgan fingerprint density at radius 1 is 1.22 bits per heavy atom. The fraction of sp³-hybridized carbons (Fsp3) is 0.400. The van der Waals surface area contributed by atoms with Crippen LogP contribution in [0.5, 0.6) is 0 Å². The van der Waals surface area contributed by atoms with Gasteiger partial charge in [-0.2, -0.15) is 0 Å². The summed E-state index contributed by atoms with van der Waals surface area (Å²) in [6.07, 6.45) is 1.24. The normalized spacial score (nSPS) is 17.7. The van der Waals surface area contributed by atoms with Crippen LogP contribution in [0.25, 0.3) is 0 Å². The number of ether oxygens (including phenoxy) is 1. The molecule has 0 aromatic heterocycles. The molecule has 1 aromatic rings. The average Bonchev–Trinajstić information content (AvgIpc) is 2.51. The number of nitrogens with two attached hydrogens (primary N) is 1. The highest BCUT2D eigenvalue weighted by atomic mass is 19.1. The van der Waals surface area contributed by atoms with Crippen LogP contribution in [-0.4, -0.2) is 42.4 Å². The van der Waals surface area contributed by atoms with E-state index in [-0.39, 0.29) is 12.1 Å². The van der Waals surface area contributed by atoms with Crippen LogP contribution in [-0.2, 0) is 14.3 Å². The summed E-state index contributed by atoms with van der Waals surface area (Å²) in [7, 11) is 0. The van der Waals surface area contributed by atoms with Crippen LogP contribution in [0.3, 0.4) is 0 Å². The zero-order valence-corrected chi connectivity index (χ0v) is 12.3. The molecule has 0 radical (unpaired) electrons. The molecule has 1 saturated heterocycles. The van der Waals surface area contributed by atoms with Crippen molar-refractivity contribution in [1.82, 2.24) is 4.90 Å². The second kappa shape index (κ2) is 7.17. The van der Waals surface area contributed by atoms with Gasteiger partial charge < -0.3 is 15.4 Å². The van der Waals surface area contributed by atoms with Gasteiger partial charge in [0, 0.05) is 19.2 Å². The van der Waals surface area contributed by atoms with Crippen molar-refractivity contribution in [2.24, 2.45) is 11.7 Å². The van der Waals surface area contributed by atoms with Crippen LogP contribution in [0.1, 0.15) is 23.2 Å². The fourth-order valence-electron chi connectivity index (χ4n) is 2.41. The molecule has 8 heteroatoms. The molecule has 1 atom stereocenters. The van der Waals surface area contributed by atoms with E-state index in [9.17, 15) is 23.2 Å². The quantitative estimate of drug-likeness (QED) is 0.831. The van der Waals surface area contributed by atoms with E-state index in [1.54, 1.807) is 0 Å². The highest BCUT2D eigenvalue weighted by Crippen LogP contribution is 2.16. The molecule has 1 fully saturated rings. The van der Waals surface area contributed by atoms with Crippen LogP contribution < -0.4 is 5.73 Å². The van der Waals surface area contributed by atoms with Crippen molar-refractivity contribution in [3.63, 3.8) is 0 Å². The lowest BCUT2D eigenvalue weighted by molar-refractivity contribution is -0.137. The summed E-state index contributed by atoms with van der Waals surface area (Å²) in [6, 6.07) is 2.26. The molecule has 6 nitrogen and oxygen atoms in total. The van der Waals surface area contributed by atoms with E-state index in [4.69, 9.17) is 10.5 Å². The maximum absolute atomic E-state index is 13.0. The zero-order valence-electron chi connectivity index (χ0n) is 12.3. The number of likely N-dealkylation sites (tertiary alicyclic amines) is 1. The number of rotatable bonds is 4. The predicted octanol–water partition coefficient (Wildman–Crippen LogP) is 0.845. The standard InChI is InChI=1S/C15H16F2N2O4/c16-11-4-10(5-12(17)6-11)15(22)23-8-13(20)19-3-1-2-9(7-19)14(18)21/h4-6,9H,1-3,7-8H2,(H2,18,21)/t9-/m1/s1. The number of benzene rings is 1. The number of amides is 2. The smallest absolute Gasteiger partial charge is 0.338 e. The van der Waals surface area contributed by atoms with Crippen LogP contribution in [0, 0.1) is 17.6 Å². The van der Waals surface area contributed by atoms with Crippen molar-refractivity contribution >= 4 is 17.8 Å². The maximum atomic E-state index is 13.0. The highest BCUT2D eigenvalue weighted by molar-refractivity contribution is 5.91. The first-order chi connectivity index (χ1) is 10.9. The molecule has 2 rings (SSSR count). The van der Waals surface area contributed by atoms with Gasteiger partial charge >= 0.3 is 5.97 Å². The molecule has 1 aliphatic rings. The third-order valence-corrected chi connectivity index (χ3v) is 3.60. The summed E-state index contributed by atoms with van der Waals surface area (Å²) in [4.78, 5) is 36.2. The van der Waals surface area contributed by atoms with E-state index >= 15 is 0 Å². The third-order valence-electron chi connectivity index (χ3n) is 3.60. The Bertz CT molecular complexity index is 616. The molecule has 1 heterocycles. The number of halogens is 2. The Labute approximate surface area is 131 Å². The van der Waals surface area contributed by atoms with E-state index in [1.165, 1.54) is 4.90 Å². The summed E-state index contributed by atoms with van der Waals surface area (Å²) in [5, 5.41) is 0. The van der Waals surface area contributed by atoms with Crippen molar-refractivity contribution in [2.45, 2.75) is 12.8 Å². The van der Waals surface area contributed by atoms with Gasteiger partial charge in [-0.1, -0.05) is 0 Å². The molecule has 1 aliphatic heterocycles. The van der Waals surface area contributed by atoms with Gasteiger partial charge in [0.1, 0.15) is 11.6 Å². The number of carbonyl (C=O) groups is 3. The van der Waals surface area contributed by atoms with Gasteiger partial charge in [-0.25, -0.2) is 13.6 Å². The van der Waals surface area contributed by atoms with Gasteiger partial charge in [0.2, 0.25) is 5.91 Å². The second-order valence-electron chi connectivity index (χ2n) is 5.32. The molecule has 2 N–H and O–H groups in total. The lowest BCUT2D eigenvalue weighted by Crippen LogP contribution is -2.45. The van der Waals surface area contributed by atoms with Gasteiger partial charge in [-0.05, 0) is 25.0 Å². The third kappa shape index (κ3) is 4.48. The van der Waals surface area contributed by atoms with Gasteiger partial charge in [0.25, 0.3) is 5.91 Å². The lowest BCUT2D eigenvalue weighted by atomic mass is 9.97. The van der Waals surface area contributed by atoms with E-state index < -0.39 is 41.9 Å². The van der Waals surface area contributed by atoms with E-state index in [2.05, 4.69) is 0 Å². The number of esters is 1. The average molecular weight is 326 g/mol. The summed E-state index contributed by atoms with van der Waals surface area (Å²) >= 11 is 0. The van der Waals surface area contributed by atoms with Crippen molar-refractivity contribution < 1.29 is 27.9 Å². The Hall–Kier alpha value is -2.51. The van der Waals surface area contributed by atoms with Crippen LogP contribution in [0.2, 0.25) is 0 Å². The molecule has 0 bridgehead atoms. The van der Waals surface area contributed by atoms with Gasteiger partial charge in [0.15, 0.2) is 6.61 Å². The molecule has 0 aliphatic carbocycles. The summed E-state index contributed by atoms with van der Waals surface area (Å²) < 4.78 is 30.8. The van der Waals surface area contributed by atoms with Crippen LogP contribution >= 0.6 is 0 Å². The fourth-order valence-corrected chi connectivity index (χ4v) is 2.41. The lowest BCUT2D eigenvalue weighted by Gasteiger charge is -2.31. The molecular formula is C15H16F2N2O4. The van der Waals surface area contributed by atoms with Crippen LogP contribution in [0.4, 0.5) is 8.78 Å². The maximum Gasteiger partial charge on any atom is 0.338 e. The number of carbonyl (C=O) groups excluding carboxylic acids is 3. The van der Waals surface area contributed by atoms with Gasteiger partial charge in [0.05, 0.1) is 11.5 Å². The SMILES string of the molecule is NC(=O)[C@@H]1CCCN(C(=O)COC(=O)c2cc(F)cc(F)c2)C1. The van der Waals surface area contributed by atoms with Crippen molar-refractivity contribution in [3.8, 4) is 0 Å². The Morgan fingerprint density at radius 2 is 1.87 bits per heavy atom. The first-order valence-electron chi connectivity index (χ1n) is 7.07. The molecule has 2 amide bonds. The largest absolute Gasteiger partial charge is 0.452 e. The molecule has 0 saturated carbocycles. The summed E-state index contributed by atoms with van der Waals surface area (Å²) in [5.74, 6) is -4.20. The van der Waals surface area contributed by atoms with E-state index in [0.29, 0.717) is 25.5 Å². The van der Waals surface area contributed by atoms with Crippen molar-refractivity contribution in [1.29, 1.82) is 0 Å². The molecular weight excluding hydrogens is 310 g/mol. The van der Waals surface area contributed by atoms with Gasteiger partial charge in [-0.3, -0.25) is 9.59 Å². The van der Waals surface area contributed by atoms with Crippen molar-refractivity contribution in [3.05, 3.63) is 35.4 Å². The number of primary amides is 1. The van der Waals surface area contributed by atoms with E-state index in [0.717, 1.165) is 12.1 Å². The number of hydrogen-bond donors (Lipinski definition) is 1. The number of hydrogen-bond acceptors (Lipinski definition) is 4. The second-order valence-corrected chi connectivity index (χ2v) is 5.32. The molecule has 0 unspecified atom stereocenters. The minimum absolute atomic E-state index is 0.181. The molecule has 1 aromatic carbocycles. The minimum atomic E-state index is -1.000. The summed E-state index contributed by atoms with van der Waals surface area (Å²) in [6.45, 7) is 0.0531. The van der Waals surface area contributed by atoms with E-state index in [1.807, 2.05) is 0 Å². The van der Waals surface area contributed by atoms with Gasteiger partial charge in [-0.15, -0.1) is 0 Å². The summed E-state index contributed by atoms with van der Waals surface area (Å²) in [5.41, 5.74) is 4.91. The zero-order chi connectivity index (χ0) is 17.0. The Balaban J connectivity index is 1.90. The minimum Gasteiger partial charge on any atom is -0.452 e. The predicted molar refractivity (Wildman–Crippen MR) is 75.1 cm³/mol.